The molecule has 0 heterocycles. The number of nitrogens with zero attached hydrogens (tertiary/aromatic N) is 1. The van der Waals surface area contributed by atoms with Crippen LogP contribution in [0.15, 0.2) is 24.3 Å². The van der Waals surface area contributed by atoms with Gasteiger partial charge in [0.1, 0.15) is 0 Å². The van der Waals surface area contributed by atoms with Gasteiger partial charge in [0.15, 0.2) is 0 Å². The van der Waals surface area contributed by atoms with E-state index in [4.69, 9.17) is 0 Å². The summed E-state index contributed by atoms with van der Waals surface area (Å²) in [6.45, 7) is 7.31. The van der Waals surface area contributed by atoms with Gasteiger partial charge in [0.2, 0.25) is 10.0 Å². The van der Waals surface area contributed by atoms with Crippen LogP contribution >= 0.6 is 0 Å². The summed E-state index contributed by atoms with van der Waals surface area (Å²) in [5.41, 5.74) is 0.739. The second-order valence-electron chi connectivity index (χ2n) is 5.62. The molecule has 1 N–H and O–H groups in total. The average molecular weight is 298 g/mol. The molecule has 0 aliphatic carbocycles. The number of carbonyl (C=O) groups excluding carboxylic acids is 1. The standard InChI is InChI=1S/C14H22N2O3S/c1-6-20(18,19)16(5)12-9-7-11(8-10-12)13(17)15-14(2,3)4/h7-10H,6H2,1-5H3,(H,15,17). The van der Waals surface area contributed by atoms with Gasteiger partial charge in [-0.15, -0.1) is 0 Å². The van der Waals surface area contributed by atoms with Gasteiger partial charge in [-0.1, -0.05) is 0 Å². The van der Waals surface area contributed by atoms with E-state index in [2.05, 4.69) is 5.32 Å². The molecule has 0 spiro atoms. The zero-order valence-corrected chi connectivity index (χ0v) is 13.4. The number of carbonyl (C=O) groups is 1. The van der Waals surface area contributed by atoms with Gasteiger partial charge in [0.05, 0.1) is 11.4 Å². The van der Waals surface area contributed by atoms with Crippen molar-refractivity contribution in [3.05, 3.63) is 29.8 Å². The largest absolute Gasteiger partial charge is 0.347 e. The predicted octanol–water partition coefficient (Wildman–Crippen LogP) is 2.00. The molecule has 1 amide bonds. The number of hydrogen-bond acceptors (Lipinski definition) is 3. The van der Waals surface area contributed by atoms with Gasteiger partial charge >= 0.3 is 0 Å². The maximum absolute atomic E-state index is 12.0. The Morgan fingerprint density at radius 1 is 1.20 bits per heavy atom. The summed E-state index contributed by atoms with van der Waals surface area (Å²) in [5.74, 6) is -0.138. The van der Waals surface area contributed by atoms with Crippen LogP contribution in [-0.2, 0) is 10.0 Å². The molecule has 5 nitrogen and oxygen atoms in total. The van der Waals surface area contributed by atoms with Gasteiger partial charge in [-0.05, 0) is 52.0 Å². The summed E-state index contributed by atoms with van der Waals surface area (Å²) in [5, 5.41) is 2.85. The lowest BCUT2D eigenvalue weighted by atomic mass is 10.1. The van der Waals surface area contributed by atoms with Crippen molar-refractivity contribution in [2.45, 2.75) is 33.2 Å². The number of sulfonamides is 1. The second-order valence-corrected chi connectivity index (χ2v) is 7.91. The Balaban J connectivity index is 2.92. The molecule has 0 saturated carbocycles. The van der Waals surface area contributed by atoms with E-state index in [1.807, 2.05) is 20.8 Å². The third kappa shape index (κ3) is 4.23. The van der Waals surface area contributed by atoms with Crippen molar-refractivity contribution in [2.75, 3.05) is 17.1 Å². The van der Waals surface area contributed by atoms with Crippen LogP contribution in [0, 0.1) is 0 Å². The summed E-state index contributed by atoms with van der Waals surface area (Å²) >= 11 is 0. The van der Waals surface area contributed by atoms with E-state index in [0.717, 1.165) is 0 Å². The molecule has 0 unspecified atom stereocenters. The van der Waals surface area contributed by atoms with E-state index in [0.29, 0.717) is 11.3 Å². The third-order valence-electron chi connectivity index (χ3n) is 2.76. The fourth-order valence-corrected chi connectivity index (χ4v) is 2.42. The van der Waals surface area contributed by atoms with Gasteiger partial charge < -0.3 is 5.32 Å². The van der Waals surface area contributed by atoms with E-state index in [-0.39, 0.29) is 17.2 Å². The quantitative estimate of drug-likeness (QED) is 0.924. The smallest absolute Gasteiger partial charge is 0.251 e. The highest BCUT2D eigenvalue weighted by molar-refractivity contribution is 7.92. The maximum atomic E-state index is 12.0. The van der Waals surface area contributed by atoms with Crippen LogP contribution in [-0.4, -0.2) is 32.7 Å². The minimum atomic E-state index is -3.28. The van der Waals surface area contributed by atoms with Crippen LogP contribution in [0.5, 0.6) is 0 Å². The van der Waals surface area contributed by atoms with Crippen LogP contribution in [0.4, 0.5) is 5.69 Å². The molecule has 0 aliphatic heterocycles. The molecule has 0 bridgehead atoms. The van der Waals surface area contributed by atoms with Crippen molar-refractivity contribution in [1.82, 2.24) is 5.32 Å². The highest BCUT2D eigenvalue weighted by atomic mass is 32.2. The average Bonchev–Trinajstić information content (AvgIpc) is 2.36. The maximum Gasteiger partial charge on any atom is 0.251 e. The topological polar surface area (TPSA) is 66.5 Å². The minimum absolute atomic E-state index is 0.0375. The monoisotopic (exact) mass is 298 g/mol. The number of nitrogens with one attached hydrogen (secondary N) is 1. The van der Waals surface area contributed by atoms with Crippen LogP contribution in [0.25, 0.3) is 0 Å². The van der Waals surface area contributed by atoms with Crippen LogP contribution < -0.4 is 9.62 Å². The van der Waals surface area contributed by atoms with Crippen molar-refractivity contribution in [2.24, 2.45) is 0 Å². The Morgan fingerprint density at radius 3 is 2.10 bits per heavy atom. The number of hydrogen-bond donors (Lipinski definition) is 1. The molecule has 0 aromatic heterocycles. The number of anilines is 1. The molecule has 6 heteroatoms. The molecule has 0 radical (unpaired) electrons. The SMILES string of the molecule is CCS(=O)(=O)N(C)c1ccc(C(=O)NC(C)(C)C)cc1. The zero-order chi connectivity index (χ0) is 15.6. The molecular weight excluding hydrogens is 276 g/mol. The molecule has 0 aliphatic rings. The molecular formula is C14H22N2O3S. The van der Waals surface area contributed by atoms with Crippen molar-refractivity contribution >= 4 is 21.6 Å². The van der Waals surface area contributed by atoms with Crippen molar-refractivity contribution < 1.29 is 13.2 Å². The van der Waals surface area contributed by atoms with Gasteiger partial charge in [-0.3, -0.25) is 9.10 Å². The highest BCUT2D eigenvalue weighted by Gasteiger charge is 2.18. The van der Waals surface area contributed by atoms with Crippen molar-refractivity contribution in [3.63, 3.8) is 0 Å². The van der Waals surface area contributed by atoms with E-state index in [9.17, 15) is 13.2 Å². The first-order valence-electron chi connectivity index (χ1n) is 6.46. The first-order valence-corrected chi connectivity index (χ1v) is 8.07. The highest BCUT2D eigenvalue weighted by Crippen LogP contribution is 2.17. The van der Waals surface area contributed by atoms with E-state index < -0.39 is 10.0 Å². The second kappa shape index (κ2) is 5.83. The Hall–Kier alpha value is -1.56. The lowest BCUT2D eigenvalue weighted by Crippen LogP contribution is -2.40. The number of benzene rings is 1. The Kier molecular flexibility index (Phi) is 4.81. The van der Waals surface area contributed by atoms with Gasteiger partial charge in [0, 0.05) is 18.2 Å². The lowest BCUT2D eigenvalue weighted by Gasteiger charge is -2.21. The predicted molar refractivity (Wildman–Crippen MR) is 81.5 cm³/mol. The van der Waals surface area contributed by atoms with Crippen LogP contribution in [0.1, 0.15) is 38.1 Å². The molecule has 1 aromatic carbocycles. The normalized spacial score (nSPS) is 12.1. The molecule has 1 rings (SSSR count). The van der Waals surface area contributed by atoms with E-state index in [1.165, 1.54) is 11.4 Å². The zero-order valence-electron chi connectivity index (χ0n) is 12.6. The minimum Gasteiger partial charge on any atom is -0.347 e. The fourth-order valence-electron chi connectivity index (χ4n) is 1.59. The van der Waals surface area contributed by atoms with Gasteiger partial charge in [-0.2, -0.15) is 0 Å². The summed E-state index contributed by atoms with van der Waals surface area (Å²) in [6, 6.07) is 6.51. The first kappa shape index (κ1) is 16.5. The fraction of sp³-hybridized carbons (Fsp3) is 0.500. The molecule has 112 valence electrons. The summed E-state index contributed by atoms with van der Waals surface area (Å²) in [6.07, 6.45) is 0. The first-order chi connectivity index (χ1) is 9.07. The van der Waals surface area contributed by atoms with E-state index in [1.54, 1.807) is 31.2 Å². The Morgan fingerprint density at radius 2 is 1.70 bits per heavy atom. The third-order valence-corrected chi connectivity index (χ3v) is 4.54. The van der Waals surface area contributed by atoms with Gasteiger partial charge in [0.25, 0.3) is 5.91 Å². The number of rotatable bonds is 4. The number of amides is 1. The molecule has 20 heavy (non-hydrogen) atoms. The Labute approximate surface area is 121 Å². The summed E-state index contributed by atoms with van der Waals surface area (Å²) in [7, 11) is -1.78. The van der Waals surface area contributed by atoms with Crippen molar-refractivity contribution in [3.8, 4) is 0 Å². The molecule has 0 atom stereocenters. The summed E-state index contributed by atoms with van der Waals surface area (Å²) < 4.78 is 24.7. The van der Waals surface area contributed by atoms with Crippen molar-refractivity contribution in [1.29, 1.82) is 0 Å². The van der Waals surface area contributed by atoms with Crippen LogP contribution in [0.2, 0.25) is 0 Å². The van der Waals surface area contributed by atoms with Gasteiger partial charge in [-0.25, -0.2) is 8.42 Å². The Bertz CT molecular complexity index is 571. The van der Waals surface area contributed by atoms with E-state index >= 15 is 0 Å². The molecule has 0 saturated heterocycles. The molecule has 1 aromatic rings. The van der Waals surface area contributed by atoms with Crippen LogP contribution in [0.3, 0.4) is 0 Å². The lowest BCUT2D eigenvalue weighted by molar-refractivity contribution is 0.0919. The summed E-state index contributed by atoms with van der Waals surface area (Å²) in [4.78, 5) is 12.0. The molecule has 0 fully saturated rings.